The van der Waals surface area contributed by atoms with Gasteiger partial charge in [0.2, 0.25) is 0 Å². The lowest BCUT2D eigenvalue weighted by Gasteiger charge is -2.32. The molecule has 7 nitrogen and oxygen atoms in total. The molecule has 2 aliphatic carbocycles. The first-order valence-electron chi connectivity index (χ1n) is 11.3. The zero-order chi connectivity index (χ0) is 22.4. The first-order chi connectivity index (χ1) is 14.9. The Balaban J connectivity index is 1.76. The van der Waals surface area contributed by atoms with Gasteiger partial charge in [-0.25, -0.2) is 9.59 Å². The lowest BCUT2D eigenvalue weighted by atomic mass is 9.73. The summed E-state index contributed by atoms with van der Waals surface area (Å²) in [6, 6.07) is 5.80. The average Bonchev–Trinajstić information content (AvgIpc) is 3.08. The molecule has 1 aromatic rings. The fourth-order valence-corrected chi connectivity index (χ4v) is 5.16. The van der Waals surface area contributed by atoms with Crippen molar-refractivity contribution in [1.82, 2.24) is 0 Å². The molecule has 0 spiro atoms. The van der Waals surface area contributed by atoms with E-state index in [2.05, 4.69) is 6.07 Å². The van der Waals surface area contributed by atoms with Crippen LogP contribution in [0.1, 0.15) is 50.7 Å². The van der Waals surface area contributed by atoms with Gasteiger partial charge in [0.05, 0.1) is 6.10 Å². The second-order valence-corrected chi connectivity index (χ2v) is 8.61. The number of ether oxygens (including phenoxy) is 3. The molecule has 2 aliphatic rings. The normalized spacial score (nSPS) is 25.4. The van der Waals surface area contributed by atoms with E-state index < -0.39 is 5.97 Å². The van der Waals surface area contributed by atoms with Crippen LogP contribution in [0, 0.1) is 17.8 Å². The lowest BCUT2D eigenvalue weighted by Crippen LogP contribution is -2.30. The van der Waals surface area contributed by atoms with Crippen molar-refractivity contribution in [3.05, 3.63) is 29.3 Å². The van der Waals surface area contributed by atoms with Crippen LogP contribution < -0.4 is 4.74 Å². The highest BCUT2D eigenvalue weighted by atomic mass is 16.6. The van der Waals surface area contributed by atoms with Crippen LogP contribution in [-0.2, 0) is 31.9 Å². The molecule has 1 aromatic carbocycles. The lowest BCUT2D eigenvalue weighted by molar-refractivity contribution is -0.156. The molecule has 172 valence electrons. The summed E-state index contributed by atoms with van der Waals surface area (Å²) in [5, 5.41) is 19.1. The number of hydrogen-bond acceptors (Lipinski definition) is 6. The quantitative estimate of drug-likeness (QED) is 0.516. The molecule has 0 unspecified atom stereocenters. The number of rotatable bonds is 11. The van der Waals surface area contributed by atoms with Gasteiger partial charge in [-0.3, -0.25) is 0 Å². The maximum Gasteiger partial charge on any atom is 0.341 e. The van der Waals surface area contributed by atoms with Gasteiger partial charge in [0.25, 0.3) is 0 Å². The van der Waals surface area contributed by atoms with Crippen molar-refractivity contribution in [1.29, 1.82) is 0 Å². The number of aliphatic carboxylic acids is 1. The molecule has 0 radical (unpaired) electrons. The van der Waals surface area contributed by atoms with Crippen LogP contribution in [0.5, 0.6) is 5.75 Å². The monoisotopic (exact) mass is 434 g/mol. The molecule has 0 amide bonds. The SMILES string of the molecule is CCOCC(=O)O[C@@H]1C[C@@H]2Cc3c(cccc3OCC(=O)O)C[C@@H]2[C@H]1CC[C@@H](O)CC. The van der Waals surface area contributed by atoms with Gasteiger partial charge >= 0.3 is 11.9 Å². The Labute approximate surface area is 183 Å². The fourth-order valence-electron chi connectivity index (χ4n) is 5.16. The first kappa shape index (κ1) is 23.5. The second-order valence-electron chi connectivity index (χ2n) is 8.61. The Morgan fingerprint density at radius 2 is 2.00 bits per heavy atom. The highest BCUT2D eigenvalue weighted by Crippen LogP contribution is 2.49. The molecule has 3 rings (SSSR count). The van der Waals surface area contributed by atoms with E-state index in [1.807, 2.05) is 26.0 Å². The summed E-state index contributed by atoms with van der Waals surface area (Å²) in [7, 11) is 0. The number of carbonyl (C=O) groups is 2. The summed E-state index contributed by atoms with van der Waals surface area (Å²) in [5.74, 6) is 0.172. The van der Waals surface area contributed by atoms with E-state index in [4.69, 9.17) is 19.3 Å². The smallest absolute Gasteiger partial charge is 0.341 e. The van der Waals surface area contributed by atoms with E-state index in [0.717, 1.165) is 31.2 Å². The van der Waals surface area contributed by atoms with E-state index in [1.165, 1.54) is 5.56 Å². The third kappa shape index (κ3) is 5.98. The van der Waals surface area contributed by atoms with Gasteiger partial charge in [-0.2, -0.15) is 0 Å². The molecule has 0 heterocycles. The van der Waals surface area contributed by atoms with Crippen molar-refractivity contribution in [2.45, 2.75) is 64.6 Å². The highest BCUT2D eigenvalue weighted by Gasteiger charge is 2.47. The number of hydrogen-bond donors (Lipinski definition) is 2. The third-order valence-electron chi connectivity index (χ3n) is 6.68. The number of fused-ring (bicyclic) bond motifs is 2. The Morgan fingerprint density at radius 1 is 1.19 bits per heavy atom. The third-order valence-corrected chi connectivity index (χ3v) is 6.68. The summed E-state index contributed by atoms with van der Waals surface area (Å²) < 4.78 is 16.6. The van der Waals surface area contributed by atoms with E-state index in [-0.39, 0.29) is 37.3 Å². The molecule has 2 N–H and O–H groups in total. The molecule has 0 aromatic heterocycles. The number of esters is 1. The minimum atomic E-state index is -0.997. The number of benzene rings is 1. The standard InChI is InChI=1S/C24H34O7/c1-3-17(25)8-9-18-19-10-15-6-5-7-21(30-13-23(26)27)20(15)11-16(19)12-22(18)31-24(28)14-29-4-2/h5-7,16-19,22,25H,3-4,8-14H2,1-2H3,(H,26,27)/t16-,17-,18+,19-,22+/m0/s1. The molecular formula is C24H34O7. The van der Waals surface area contributed by atoms with Crippen LogP contribution in [0.3, 0.4) is 0 Å². The maximum absolute atomic E-state index is 12.3. The largest absolute Gasteiger partial charge is 0.482 e. The summed E-state index contributed by atoms with van der Waals surface area (Å²) in [6.07, 6.45) is 4.07. The van der Waals surface area contributed by atoms with Crippen molar-refractivity contribution >= 4 is 11.9 Å². The van der Waals surface area contributed by atoms with Crippen LogP contribution in [0.15, 0.2) is 18.2 Å². The molecule has 0 aliphatic heterocycles. The highest BCUT2D eigenvalue weighted by molar-refractivity contribution is 5.71. The molecule has 7 heteroatoms. The molecule has 5 atom stereocenters. The summed E-state index contributed by atoms with van der Waals surface area (Å²) in [6.45, 7) is 3.87. The summed E-state index contributed by atoms with van der Waals surface area (Å²) in [5.41, 5.74) is 2.24. The van der Waals surface area contributed by atoms with Crippen LogP contribution in [0.2, 0.25) is 0 Å². The Hall–Kier alpha value is -2.12. The van der Waals surface area contributed by atoms with Gasteiger partial charge in [-0.05, 0) is 80.4 Å². The molecule has 31 heavy (non-hydrogen) atoms. The Morgan fingerprint density at radius 3 is 2.71 bits per heavy atom. The van der Waals surface area contributed by atoms with Gasteiger partial charge in [0.1, 0.15) is 18.5 Å². The van der Waals surface area contributed by atoms with Gasteiger partial charge in [-0.15, -0.1) is 0 Å². The number of aliphatic hydroxyl groups excluding tert-OH is 1. The van der Waals surface area contributed by atoms with E-state index in [9.17, 15) is 14.7 Å². The number of carboxylic acid groups (broad SMARTS) is 1. The Bertz CT molecular complexity index is 762. The van der Waals surface area contributed by atoms with E-state index in [1.54, 1.807) is 0 Å². The van der Waals surface area contributed by atoms with Gasteiger partial charge in [-0.1, -0.05) is 19.1 Å². The molecule has 1 fully saturated rings. The maximum atomic E-state index is 12.3. The molecular weight excluding hydrogens is 400 g/mol. The number of carbonyl (C=O) groups excluding carboxylic acids is 1. The van der Waals surface area contributed by atoms with Gasteiger partial charge < -0.3 is 24.4 Å². The zero-order valence-electron chi connectivity index (χ0n) is 18.4. The van der Waals surface area contributed by atoms with E-state index in [0.29, 0.717) is 37.0 Å². The van der Waals surface area contributed by atoms with Crippen molar-refractivity contribution in [3.63, 3.8) is 0 Å². The van der Waals surface area contributed by atoms with Gasteiger partial charge in [0.15, 0.2) is 6.61 Å². The predicted octanol–water partition coefficient (Wildman–Crippen LogP) is 3.00. The Kier molecular flexibility index (Phi) is 8.32. The summed E-state index contributed by atoms with van der Waals surface area (Å²) in [4.78, 5) is 23.2. The van der Waals surface area contributed by atoms with Crippen molar-refractivity contribution in [3.8, 4) is 5.75 Å². The second kappa shape index (κ2) is 11.0. The van der Waals surface area contributed by atoms with Gasteiger partial charge in [0, 0.05) is 6.61 Å². The average molecular weight is 435 g/mol. The van der Waals surface area contributed by atoms with E-state index >= 15 is 0 Å². The topological polar surface area (TPSA) is 102 Å². The minimum absolute atomic E-state index is 0.0416. The zero-order valence-corrected chi connectivity index (χ0v) is 18.4. The van der Waals surface area contributed by atoms with Crippen LogP contribution in [0.4, 0.5) is 0 Å². The van der Waals surface area contributed by atoms with Crippen molar-refractivity contribution in [2.24, 2.45) is 17.8 Å². The first-order valence-corrected chi connectivity index (χ1v) is 11.3. The van der Waals surface area contributed by atoms with Crippen LogP contribution in [0.25, 0.3) is 0 Å². The van der Waals surface area contributed by atoms with Crippen molar-refractivity contribution < 1.29 is 34.0 Å². The molecule has 0 saturated heterocycles. The summed E-state index contributed by atoms with van der Waals surface area (Å²) >= 11 is 0. The fraction of sp³-hybridized carbons (Fsp3) is 0.667. The minimum Gasteiger partial charge on any atom is -0.482 e. The molecule has 1 saturated carbocycles. The van der Waals surface area contributed by atoms with Crippen LogP contribution >= 0.6 is 0 Å². The van der Waals surface area contributed by atoms with Crippen molar-refractivity contribution in [2.75, 3.05) is 19.8 Å². The number of aliphatic hydroxyl groups is 1. The number of carboxylic acids is 1. The van der Waals surface area contributed by atoms with Crippen LogP contribution in [-0.4, -0.2) is 54.2 Å². The predicted molar refractivity (Wildman–Crippen MR) is 114 cm³/mol. The molecule has 0 bridgehead atoms.